The molecular weight excluding hydrogens is 348 g/mol. The molecule has 2 aliphatic rings. The van der Waals surface area contributed by atoms with Crippen molar-refractivity contribution in [1.29, 1.82) is 0 Å². The van der Waals surface area contributed by atoms with Crippen LogP contribution in [-0.4, -0.2) is 50.5 Å². The van der Waals surface area contributed by atoms with E-state index in [0.29, 0.717) is 25.9 Å². The van der Waals surface area contributed by atoms with E-state index in [1.807, 2.05) is 58.9 Å². The Kier molecular flexibility index (Phi) is 6.83. The van der Waals surface area contributed by atoms with Gasteiger partial charge in [-0.2, -0.15) is 16.8 Å². The molecule has 0 atom stereocenters. The standard InChI is InChI=1S/C16H18N2O4S2/c19-23(20)13-1-7-17-9-3-15(4-10-17)16-5-11-18(12-6-16)8-2-14-24(21)22/h3-6,9-14H,1-2,7-8H2. The third kappa shape index (κ3) is 6.05. The van der Waals surface area contributed by atoms with E-state index in [1.165, 1.54) is 10.7 Å². The van der Waals surface area contributed by atoms with Gasteiger partial charge in [0.1, 0.15) is 0 Å². The summed E-state index contributed by atoms with van der Waals surface area (Å²) in [5, 5.41) is 2.49. The molecule has 0 saturated carbocycles. The van der Waals surface area contributed by atoms with Crippen LogP contribution in [0.25, 0.3) is 0 Å². The zero-order valence-corrected chi connectivity index (χ0v) is 14.6. The lowest BCUT2D eigenvalue weighted by Crippen LogP contribution is -2.15. The maximum absolute atomic E-state index is 10.5. The van der Waals surface area contributed by atoms with Gasteiger partial charge < -0.3 is 9.80 Å². The molecule has 0 N–H and O–H groups in total. The fourth-order valence-corrected chi connectivity index (χ4v) is 2.79. The van der Waals surface area contributed by atoms with E-state index >= 15 is 0 Å². The fourth-order valence-electron chi connectivity index (χ4n) is 2.19. The molecular formula is C16H18N2O4S2. The molecule has 0 aromatic carbocycles. The van der Waals surface area contributed by atoms with E-state index in [9.17, 15) is 16.8 Å². The molecule has 2 rings (SSSR count). The van der Waals surface area contributed by atoms with Gasteiger partial charge in [0.2, 0.25) is 20.6 Å². The first kappa shape index (κ1) is 18.0. The molecule has 0 radical (unpaired) electrons. The highest BCUT2D eigenvalue weighted by atomic mass is 32.2. The van der Waals surface area contributed by atoms with Crippen LogP contribution in [0.2, 0.25) is 0 Å². The maximum atomic E-state index is 10.5. The minimum absolute atomic E-state index is 0.469. The van der Waals surface area contributed by atoms with Gasteiger partial charge in [0.15, 0.2) is 0 Å². The lowest BCUT2D eigenvalue weighted by molar-refractivity contribution is 0.516. The normalized spacial score (nSPS) is 15.8. The van der Waals surface area contributed by atoms with Gasteiger partial charge in [0, 0.05) is 48.6 Å². The molecule has 0 bridgehead atoms. The van der Waals surface area contributed by atoms with Crippen LogP contribution in [0.3, 0.4) is 0 Å². The van der Waals surface area contributed by atoms with Crippen LogP contribution in [0.15, 0.2) is 60.3 Å². The summed E-state index contributed by atoms with van der Waals surface area (Å²) in [6.45, 7) is 1.22. The second kappa shape index (κ2) is 9.09. The monoisotopic (exact) mass is 366 g/mol. The summed E-state index contributed by atoms with van der Waals surface area (Å²) in [5.74, 6) is 0. The Balaban J connectivity index is 1.91. The lowest BCUT2D eigenvalue weighted by Gasteiger charge is -2.21. The predicted molar refractivity (Wildman–Crippen MR) is 96.2 cm³/mol. The minimum atomic E-state index is -2.11. The van der Waals surface area contributed by atoms with Crippen LogP contribution in [-0.2, 0) is 20.6 Å². The molecule has 0 saturated heterocycles. The highest BCUT2D eigenvalue weighted by Crippen LogP contribution is 2.19. The average Bonchev–Trinajstić information content (AvgIpc) is 2.56. The number of nitrogens with zero attached hydrogens (tertiary/aromatic N) is 2. The van der Waals surface area contributed by atoms with Crippen molar-refractivity contribution in [3.8, 4) is 0 Å². The van der Waals surface area contributed by atoms with Gasteiger partial charge >= 0.3 is 0 Å². The zero-order chi connectivity index (χ0) is 17.4. The third-order valence-corrected chi connectivity index (χ3v) is 4.41. The Morgan fingerprint density at radius 2 is 1.00 bits per heavy atom. The van der Waals surface area contributed by atoms with Gasteiger partial charge in [-0.3, -0.25) is 0 Å². The molecule has 6 nitrogen and oxygen atoms in total. The van der Waals surface area contributed by atoms with E-state index in [1.54, 1.807) is 0 Å². The summed E-state index contributed by atoms with van der Waals surface area (Å²) >= 11 is 0. The molecule has 0 fully saturated rings. The van der Waals surface area contributed by atoms with Crippen LogP contribution in [0.1, 0.15) is 12.8 Å². The molecule has 0 amide bonds. The van der Waals surface area contributed by atoms with Crippen molar-refractivity contribution in [2.24, 2.45) is 0 Å². The number of rotatable bonds is 6. The second-order valence-electron chi connectivity index (χ2n) is 5.08. The number of hydrogen-bond acceptors (Lipinski definition) is 6. The van der Waals surface area contributed by atoms with Crippen molar-refractivity contribution in [3.05, 3.63) is 60.3 Å². The van der Waals surface area contributed by atoms with Crippen molar-refractivity contribution in [2.75, 3.05) is 13.1 Å². The Bertz CT molecular complexity index is 766. The highest BCUT2D eigenvalue weighted by Gasteiger charge is 2.06. The molecule has 0 aromatic rings. The zero-order valence-electron chi connectivity index (χ0n) is 12.9. The smallest absolute Gasteiger partial charge is 0.210 e. The van der Waals surface area contributed by atoms with Gasteiger partial charge in [-0.1, -0.05) is 0 Å². The van der Waals surface area contributed by atoms with Crippen LogP contribution in [0, 0.1) is 0 Å². The van der Waals surface area contributed by atoms with Crippen LogP contribution < -0.4 is 0 Å². The van der Waals surface area contributed by atoms with Crippen molar-refractivity contribution in [1.82, 2.24) is 9.80 Å². The molecule has 8 heteroatoms. The molecule has 0 unspecified atom stereocenters. The van der Waals surface area contributed by atoms with Crippen molar-refractivity contribution < 1.29 is 16.8 Å². The van der Waals surface area contributed by atoms with Gasteiger partial charge in [-0.05, 0) is 48.3 Å². The molecule has 24 heavy (non-hydrogen) atoms. The van der Waals surface area contributed by atoms with Gasteiger partial charge in [0.05, 0.1) is 0 Å². The van der Waals surface area contributed by atoms with Crippen molar-refractivity contribution >= 4 is 31.3 Å². The van der Waals surface area contributed by atoms with Gasteiger partial charge in [-0.15, -0.1) is 0 Å². The van der Waals surface area contributed by atoms with Crippen molar-refractivity contribution in [2.45, 2.75) is 12.8 Å². The third-order valence-electron chi connectivity index (χ3n) is 3.40. The molecule has 2 heterocycles. The minimum Gasteiger partial charge on any atom is -0.354 e. The largest absolute Gasteiger partial charge is 0.354 e. The lowest BCUT2D eigenvalue weighted by atomic mass is 10.0. The summed E-state index contributed by atoms with van der Waals surface area (Å²) < 4.78 is 41.8. The number of allylic oxidation sites excluding steroid dienone is 6. The van der Waals surface area contributed by atoms with E-state index in [-0.39, 0.29) is 0 Å². The van der Waals surface area contributed by atoms with Crippen molar-refractivity contribution in [3.63, 3.8) is 0 Å². The SMILES string of the molecule is O=S(=O)=CCCN1C=CC(=C2C=CN(CCC=S(=O)=O)C=C2)C=C1. The topological polar surface area (TPSA) is 74.8 Å². The summed E-state index contributed by atoms with van der Waals surface area (Å²) in [6, 6.07) is 0. The van der Waals surface area contributed by atoms with Crippen LogP contribution in [0.5, 0.6) is 0 Å². The fraction of sp³-hybridized carbons (Fsp3) is 0.250. The highest BCUT2D eigenvalue weighted by molar-refractivity contribution is 7.71. The summed E-state index contributed by atoms with van der Waals surface area (Å²) in [4.78, 5) is 3.85. The Labute approximate surface area is 144 Å². The van der Waals surface area contributed by atoms with Crippen LogP contribution in [0.4, 0.5) is 0 Å². The maximum Gasteiger partial charge on any atom is 0.210 e. The molecule has 128 valence electrons. The van der Waals surface area contributed by atoms with E-state index in [0.717, 1.165) is 11.1 Å². The van der Waals surface area contributed by atoms with Gasteiger partial charge in [-0.25, -0.2) is 0 Å². The summed E-state index contributed by atoms with van der Waals surface area (Å²) in [6.07, 6.45) is 16.5. The molecule has 0 aromatic heterocycles. The summed E-state index contributed by atoms with van der Waals surface area (Å²) in [5.41, 5.74) is 2.11. The quantitative estimate of drug-likeness (QED) is 0.656. The molecule has 0 aliphatic carbocycles. The average molecular weight is 366 g/mol. The Morgan fingerprint density at radius 1 is 0.667 bits per heavy atom. The predicted octanol–water partition coefficient (Wildman–Crippen LogP) is 1.11. The Hall–Kier alpha value is -2.32. The van der Waals surface area contributed by atoms with E-state index in [2.05, 4.69) is 0 Å². The van der Waals surface area contributed by atoms with E-state index < -0.39 is 20.6 Å². The number of hydrogen-bond donors (Lipinski definition) is 0. The van der Waals surface area contributed by atoms with Gasteiger partial charge in [0.25, 0.3) is 0 Å². The summed E-state index contributed by atoms with van der Waals surface area (Å²) in [7, 11) is -4.22. The first-order chi connectivity index (χ1) is 11.5. The first-order valence-corrected chi connectivity index (χ1v) is 9.63. The van der Waals surface area contributed by atoms with E-state index in [4.69, 9.17) is 0 Å². The first-order valence-electron chi connectivity index (χ1n) is 7.36. The second-order valence-corrected chi connectivity index (χ2v) is 6.79. The Morgan fingerprint density at radius 3 is 1.29 bits per heavy atom. The molecule has 2 aliphatic heterocycles. The van der Waals surface area contributed by atoms with Crippen LogP contribution >= 0.6 is 0 Å². The molecule has 0 spiro atoms.